The molecular weight excluding hydrogens is 292 g/mol. The Hall–Kier alpha value is -1.68. The van der Waals surface area contributed by atoms with Crippen LogP contribution in [0.2, 0.25) is 0 Å². The van der Waals surface area contributed by atoms with E-state index in [1.54, 1.807) is 11.3 Å². The zero-order chi connectivity index (χ0) is 15.7. The van der Waals surface area contributed by atoms with Crippen molar-refractivity contribution in [3.8, 4) is 11.3 Å². The molecule has 116 valence electrons. The van der Waals surface area contributed by atoms with Gasteiger partial charge in [-0.25, -0.2) is 4.98 Å². The summed E-state index contributed by atoms with van der Waals surface area (Å²) in [4.78, 5) is 18.0. The number of aromatic nitrogens is 1. The predicted molar refractivity (Wildman–Crippen MR) is 91.1 cm³/mol. The number of amides is 1. The van der Waals surface area contributed by atoms with Crippen molar-refractivity contribution in [1.82, 2.24) is 10.3 Å². The van der Waals surface area contributed by atoms with E-state index in [9.17, 15) is 4.79 Å². The molecule has 0 spiro atoms. The Morgan fingerprint density at radius 3 is 2.64 bits per heavy atom. The van der Waals surface area contributed by atoms with Gasteiger partial charge in [0.05, 0.1) is 17.1 Å². The van der Waals surface area contributed by atoms with Crippen molar-refractivity contribution in [3.05, 3.63) is 39.7 Å². The van der Waals surface area contributed by atoms with Crippen molar-refractivity contribution in [3.63, 3.8) is 0 Å². The van der Waals surface area contributed by atoms with Crippen LogP contribution in [0.15, 0.2) is 24.3 Å². The minimum atomic E-state index is 0.108. The van der Waals surface area contributed by atoms with Crippen molar-refractivity contribution < 1.29 is 4.79 Å². The van der Waals surface area contributed by atoms with Crippen molar-refractivity contribution in [2.75, 3.05) is 0 Å². The third-order valence-corrected chi connectivity index (χ3v) is 5.14. The summed E-state index contributed by atoms with van der Waals surface area (Å²) < 4.78 is 0. The number of aryl methyl sites for hydroxylation is 2. The standard InChI is InChI=1S/C18H22N2OS/c1-11-4-6-15(7-5-11)18-16(22-13(3)20-18)10-17(21)19-12(2)14-8-9-14/h4-7,12,14H,8-10H2,1-3H3,(H,19,21)/t12-/m1/s1. The lowest BCUT2D eigenvalue weighted by Crippen LogP contribution is -2.34. The van der Waals surface area contributed by atoms with Crippen LogP contribution in [0.4, 0.5) is 0 Å². The molecule has 1 amide bonds. The van der Waals surface area contributed by atoms with E-state index in [0.717, 1.165) is 21.1 Å². The van der Waals surface area contributed by atoms with Gasteiger partial charge in [0.15, 0.2) is 0 Å². The highest BCUT2D eigenvalue weighted by Crippen LogP contribution is 2.33. The molecular formula is C18H22N2OS. The lowest BCUT2D eigenvalue weighted by atomic mass is 10.1. The van der Waals surface area contributed by atoms with Gasteiger partial charge in [-0.05, 0) is 39.5 Å². The lowest BCUT2D eigenvalue weighted by Gasteiger charge is -2.12. The molecule has 0 radical (unpaired) electrons. The highest BCUT2D eigenvalue weighted by atomic mass is 32.1. The Morgan fingerprint density at radius 1 is 1.32 bits per heavy atom. The normalized spacial score (nSPS) is 15.6. The molecule has 1 aromatic carbocycles. The topological polar surface area (TPSA) is 42.0 Å². The van der Waals surface area contributed by atoms with E-state index < -0.39 is 0 Å². The van der Waals surface area contributed by atoms with Crippen molar-refractivity contribution in [1.29, 1.82) is 0 Å². The average Bonchev–Trinajstić information content (AvgIpc) is 3.25. The molecule has 1 atom stereocenters. The van der Waals surface area contributed by atoms with Crippen molar-refractivity contribution >= 4 is 17.2 Å². The van der Waals surface area contributed by atoms with Crippen molar-refractivity contribution in [2.24, 2.45) is 5.92 Å². The molecule has 1 aromatic heterocycles. The fourth-order valence-corrected chi connectivity index (χ4v) is 3.65. The third-order valence-electron chi connectivity index (χ3n) is 4.17. The molecule has 1 saturated carbocycles. The maximum atomic E-state index is 12.3. The van der Waals surface area contributed by atoms with Gasteiger partial charge in [0.1, 0.15) is 0 Å². The van der Waals surface area contributed by atoms with Gasteiger partial charge >= 0.3 is 0 Å². The molecule has 3 rings (SSSR count). The van der Waals surface area contributed by atoms with Gasteiger partial charge in [-0.15, -0.1) is 11.3 Å². The first-order valence-corrected chi connectivity index (χ1v) is 8.67. The molecule has 22 heavy (non-hydrogen) atoms. The van der Waals surface area contributed by atoms with Crippen LogP contribution in [-0.2, 0) is 11.2 Å². The number of nitrogens with zero attached hydrogens (tertiary/aromatic N) is 1. The molecule has 0 aliphatic heterocycles. The van der Waals surface area contributed by atoms with Crippen LogP contribution < -0.4 is 5.32 Å². The number of hydrogen-bond acceptors (Lipinski definition) is 3. The number of thiazole rings is 1. The first-order valence-electron chi connectivity index (χ1n) is 7.85. The summed E-state index contributed by atoms with van der Waals surface area (Å²) in [7, 11) is 0. The zero-order valence-electron chi connectivity index (χ0n) is 13.3. The van der Waals surface area contributed by atoms with Crippen LogP contribution in [0.25, 0.3) is 11.3 Å². The molecule has 0 saturated heterocycles. The van der Waals surface area contributed by atoms with Crippen LogP contribution in [-0.4, -0.2) is 16.9 Å². The Labute approximate surface area is 135 Å². The van der Waals surface area contributed by atoms with Crippen molar-refractivity contribution in [2.45, 2.75) is 46.1 Å². The van der Waals surface area contributed by atoms with E-state index in [1.165, 1.54) is 18.4 Å². The van der Waals surface area contributed by atoms with Gasteiger partial charge in [-0.2, -0.15) is 0 Å². The predicted octanol–water partition coefficient (Wildman–Crippen LogP) is 3.88. The third kappa shape index (κ3) is 3.55. The summed E-state index contributed by atoms with van der Waals surface area (Å²) in [6.45, 7) is 6.18. The average molecular weight is 314 g/mol. The summed E-state index contributed by atoms with van der Waals surface area (Å²) in [5.41, 5.74) is 3.28. The molecule has 3 nitrogen and oxygen atoms in total. The van der Waals surface area contributed by atoms with Gasteiger partial charge in [-0.3, -0.25) is 4.79 Å². The Kier molecular flexibility index (Phi) is 4.30. The number of hydrogen-bond donors (Lipinski definition) is 1. The summed E-state index contributed by atoms with van der Waals surface area (Å²) in [5.74, 6) is 0.792. The first-order chi connectivity index (χ1) is 10.5. The van der Waals surface area contributed by atoms with E-state index in [0.29, 0.717) is 18.4 Å². The first kappa shape index (κ1) is 15.2. The minimum absolute atomic E-state index is 0.108. The summed E-state index contributed by atoms with van der Waals surface area (Å²) in [6, 6.07) is 8.63. The number of rotatable bonds is 5. The highest BCUT2D eigenvalue weighted by Gasteiger charge is 2.29. The fourth-order valence-electron chi connectivity index (χ4n) is 2.69. The number of benzene rings is 1. The second-order valence-corrected chi connectivity index (χ2v) is 7.53. The summed E-state index contributed by atoms with van der Waals surface area (Å²) in [6.07, 6.45) is 2.91. The van der Waals surface area contributed by atoms with E-state index in [1.807, 2.05) is 6.92 Å². The molecule has 0 unspecified atom stereocenters. The SMILES string of the molecule is Cc1ccc(-c2nc(C)sc2CC(=O)N[C@H](C)C2CC2)cc1. The maximum absolute atomic E-state index is 12.3. The molecule has 1 aliphatic carbocycles. The molecule has 1 N–H and O–H groups in total. The fraction of sp³-hybridized carbons (Fsp3) is 0.444. The second-order valence-electron chi connectivity index (χ2n) is 6.24. The van der Waals surface area contributed by atoms with Gasteiger partial charge in [-0.1, -0.05) is 29.8 Å². The second kappa shape index (κ2) is 6.21. The smallest absolute Gasteiger partial charge is 0.225 e. The van der Waals surface area contributed by atoms with Gasteiger partial charge < -0.3 is 5.32 Å². The molecule has 0 bridgehead atoms. The molecule has 1 fully saturated rings. The minimum Gasteiger partial charge on any atom is -0.353 e. The van der Waals surface area contributed by atoms with Gasteiger partial charge in [0, 0.05) is 16.5 Å². The van der Waals surface area contributed by atoms with Crippen LogP contribution in [0.5, 0.6) is 0 Å². The lowest BCUT2D eigenvalue weighted by molar-refractivity contribution is -0.121. The number of nitrogens with one attached hydrogen (secondary N) is 1. The highest BCUT2D eigenvalue weighted by molar-refractivity contribution is 7.12. The van der Waals surface area contributed by atoms with E-state index >= 15 is 0 Å². The molecule has 1 heterocycles. The number of carbonyl (C=O) groups is 1. The summed E-state index contributed by atoms with van der Waals surface area (Å²) >= 11 is 1.62. The quantitative estimate of drug-likeness (QED) is 0.910. The zero-order valence-corrected chi connectivity index (χ0v) is 14.2. The summed E-state index contributed by atoms with van der Waals surface area (Å²) in [5, 5.41) is 4.14. The molecule has 2 aromatic rings. The Balaban J connectivity index is 1.75. The largest absolute Gasteiger partial charge is 0.353 e. The van der Waals surface area contributed by atoms with E-state index in [4.69, 9.17) is 0 Å². The van der Waals surface area contributed by atoms with Gasteiger partial charge in [0.25, 0.3) is 0 Å². The van der Waals surface area contributed by atoms with Crippen LogP contribution >= 0.6 is 11.3 Å². The molecule has 4 heteroatoms. The van der Waals surface area contributed by atoms with Crippen LogP contribution in [0, 0.1) is 19.8 Å². The molecule has 1 aliphatic rings. The van der Waals surface area contributed by atoms with E-state index in [2.05, 4.69) is 48.4 Å². The van der Waals surface area contributed by atoms with E-state index in [-0.39, 0.29) is 5.91 Å². The van der Waals surface area contributed by atoms with Crippen LogP contribution in [0.3, 0.4) is 0 Å². The Morgan fingerprint density at radius 2 is 2.00 bits per heavy atom. The Bertz CT molecular complexity index is 671. The van der Waals surface area contributed by atoms with Gasteiger partial charge in [0.2, 0.25) is 5.91 Å². The van der Waals surface area contributed by atoms with Crippen LogP contribution in [0.1, 0.15) is 35.2 Å². The number of carbonyl (C=O) groups excluding carboxylic acids is 1. The maximum Gasteiger partial charge on any atom is 0.225 e. The monoisotopic (exact) mass is 314 g/mol.